The Balaban J connectivity index is 2.06. The van der Waals surface area contributed by atoms with Gasteiger partial charge in [-0.2, -0.15) is 5.26 Å². The maximum Gasteiger partial charge on any atom is 0.127 e. The van der Waals surface area contributed by atoms with E-state index in [4.69, 9.17) is 20.5 Å². The van der Waals surface area contributed by atoms with Crippen molar-refractivity contribution in [1.82, 2.24) is 0 Å². The Labute approximate surface area is 107 Å². The smallest absolute Gasteiger partial charge is 0.127 e. The lowest BCUT2D eigenvalue weighted by atomic mass is 10.1. The fourth-order valence-electron chi connectivity index (χ4n) is 1.91. The zero-order valence-electron chi connectivity index (χ0n) is 10.6. The second-order valence-electron chi connectivity index (χ2n) is 4.80. The van der Waals surface area contributed by atoms with Crippen LogP contribution in [0.5, 0.6) is 11.5 Å². The summed E-state index contributed by atoms with van der Waals surface area (Å²) in [6.07, 6.45) is 2.71. The second kappa shape index (κ2) is 5.28. The van der Waals surface area contributed by atoms with E-state index in [1.54, 1.807) is 7.11 Å². The van der Waals surface area contributed by atoms with Crippen LogP contribution >= 0.6 is 0 Å². The molecule has 2 N–H and O–H groups in total. The number of benzene rings is 1. The van der Waals surface area contributed by atoms with Gasteiger partial charge in [-0.15, -0.1) is 0 Å². The van der Waals surface area contributed by atoms with Gasteiger partial charge in [-0.05, 0) is 18.9 Å². The molecule has 1 aromatic carbocycles. The molecule has 1 aliphatic rings. The lowest BCUT2D eigenvalue weighted by Gasteiger charge is -2.16. The molecule has 0 heterocycles. The third kappa shape index (κ3) is 2.74. The van der Waals surface area contributed by atoms with Crippen molar-refractivity contribution in [2.45, 2.75) is 25.8 Å². The minimum atomic E-state index is 0.0731. The number of nitrogens with two attached hydrogens (primary N) is 1. The molecule has 1 aliphatic carbocycles. The first-order valence-electron chi connectivity index (χ1n) is 6.10. The highest BCUT2D eigenvalue weighted by atomic mass is 16.5. The predicted molar refractivity (Wildman–Crippen MR) is 68.3 cm³/mol. The number of hydrogen-bond acceptors (Lipinski definition) is 4. The summed E-state index contributed by atoms with van der Waals surface area (Å²) < 4.78 is 11.0. The molecule has 0 spiro atoms. The van der Waals surface area contributed by atoms with Crippen LogP contribution in [0.2, 0.25) is 0 Å². The molecule has 0 radical (unpaired) electrons. The van der Waals surface area contributed by atoms with E-state index in [0.717, 1.165) is 29.9 Å². The zero-order chi connectivity index (χ0) is 13.0. The van der Waals surface area contributed by atoms with Gasteiger partial charge < -0.3 is 15.2 Å². The maximum absolute atomic E-state index is 8.78. The average molecular weight is 246 g/mol. The SMILES string of the molecule is COc1ccc(CN)c(OCC2(CC#N)CC2)c1. The van der Waals surface area contributed by atoms with Crippen molar-refractivity contribution in [3.8, 4) is 17.6 Å². The Morgan fingerprint density at radius 2 is 2.22 bits per heavy atom. The lowest BCUT2D eigenvalue weighted by Crippen LogP contribution is -2.14. The first-order chi connectivity index (χ1) is 8.73. The molecule has 0 amide bonds. The van der Waals surface area contributed by atoms with Crippen LogP contribution in [0, 0.1) is 16.7 Å². The van der Waals surface area contributed by atoms with E-state index in [-0.39, 0.29) is 5.41 Å². The van der Waals surface area contributed by atoms with Crippen molar-refractivity contribution in [2.24, 2.45) is 11.1 Å². The molecule has 0 bridgehead atoms. The third-order valence-corrected chi connectivity index (χ3v) is 3.44. The van der Waals surface area contributed by atoms with Gasteiger partial charge in [0.25, 0.3) is 0 Å². The molecule has 18 heavy (non-hydrogen) atoms. The number of nitriles is 1. The number of hydrogen-bond donors (Lipinski definition) is 1. The molecule has 4 nitrogen and oxygen atoms in total. The van der Waals surface area contributed by atoms with Gasteiger partial charge >= 0.3 is 0 Å². The molecule has 4 heteroatoms. The van der Waals surface area contributed by atoms with Gasteiger partial charge in [0.15, 0.2) is 0 Å². The van der Waals surface area contributed by atoms with Gasteiger partial charge in [0.2, 0.25) is 0 Å². The molecular weight excluding hydrogens is 228 g/mol. The Morgan fingerprint density at radius 3 is 2.78 bits per heavy atom. The molecule has 2 rings (SSSR count). The van der Waals surface area contributed by atoms with Crippen LogP contribution in [0.25, 0.3) is 0 Å². The van der Waals surface area contributed by atoms with Crippen LogP contribution in [0.15, 0.2) is 18.2 Å². The van der Waals surface area contributed by atoms with E-state index >= 15 is 0 Å². The average Bonchev–Trinajstić information content (AvgIpc) is 3.16. The standard InChI is InChI=1S/C14H18N2O2/c1-17-12-3-2-11(9-16)13(8-12)18-10-14(4-5-14)6-7-15/h2-3,8H,4-6,9-10,16H2,1H3. The highest BCUT2D eigenvalue weighted by Gasteiger charge is 2.43. The summed E-state index contributed by atoms with van der Waals surface area (Å²) in [5.41, 5.74) is 6.72. The van der Waals surface area contributed by atoms with Crippen LogP contribution in [0.3, 0.4) is 0 Å². The first-order valence-corrected chi connectivity index (χ1v) is 6.10. The summed E-state index contributed by atoms with van der Waals surface area (Å²) in [5.74, 6) is 1.52. The van der Waals surface area contributed by atoms with Gasteiger partial charge in [-0.1, -0.05) is 6.07 Å². The largest absolute Gasteiger partial charge is 0.497 e. The number of nitrogens with zero attached hydrogens (tertiary/aromatic N) is 1. The monoisotopic (exact) mass is 246 g/mol. The van der Waals surface area contributed by atoms with E-state index in [9.17, 15) is 0 Å². The Hall–Kier alpha value is -1.73. The van der Waals surface area contributed by atoms with E-state index in [1.165, 1.54) is 0 Å². The van der Waals surface area contributed by atoms with Gasteiger partial charge in [-0.3, -0.25) is 0 Å². The predicted octanol–water partition coefficient (Wildman–Crippen LogP) is 2.23. The molecule has 0 unspecified atom stereocenters. The molecule has 0 saturated heterocycles. The summed E-state index contributed by atoms with van der Waals surface area (Å²) in [6.45, 7) is 1.02. The van der Waals surface area contributed by atoms with Gasteiger partial charge in [-0.25, -0.2) is 0 Å². The quantitative estimate of drug-likeness (QED) is 0.835. The highest BCUT2D eigenvalue weighted by molar-refractivity contribution is 5.40. The van der Waals surface area contributed by atoms with Crippen molar-refractivity contribution >= 4 is 0 Å². The molecule has 0 aliphatic heterocycles. The molecule has 1 saturated carbocycles. The number of methoxy groups -OCH3 is 1. The van der Waals surface area contributed by atoms with Crippen molar-refractivity contribution in [3.05, 3.63) is 23.8 Å². The number of ether oxygens (including phenoxy) is 2. The third-order valence-electron chi connectivity index (χ3n) is 3.44. The maximum atomic E-state index is 8.78. The molecule has 1 fully saturated rings. The summed E-state index contributed by atoms with van der Waals surface area (Å²) in [4.78, 5) is 0. The number of rotatable bonds is 6. The molecule has 0 aromatic heterocycles. The Bertz CT molecular complexity index is 461. The first kappa shape index (κ1) is 12.7. The van der Waals surface area contributed by atoms with Crippen LogP contribution in [0.1, 0.15) is 24.8 Å². The molecule has 1 aromatic rings. The second-order valence-corrected chi connectivity index (χ2v) is 4.80. The minimum absolute atomic E-state index is 0.0731. The van der Waals surface area contributed by atoms with E-state index in [1.807, 2.05) is 18.2 Å². The van der Waals surface area contributed by atoms with E-state index < -0.39 is 0 Å². The highest BCUT2D eigenvalue weighted by Crippen LogP contribution is 2.48. The summed E-state index contributed by atoms with van der Waals surface area (Å²) >= 11 is 0. The summed E-state index contributed by atoms with van der Waals surface area (Å²) in [5, 5.41) is 8.78. The summed E-state index contributed by atoms with van der Waals surface area (Å²) in [6, 6.07) is 7.87. The van der Waals surface area contributed by atoms with Crippen molar-refractivity contribution in [3.63, 3.8) is 0 Å². The molecular formula is C14H18N2O2. The van der Waals surface area contributed by atoms with E-state index in [2.05, 4.69) is 6.07 Å². The van der Waals surface area contributed by atoms with Crippen molar-refractivity contribution in [2.75, 3.05) is 13.7 Å². The zero-order valence-corrected chi connectivity index (χ0v) is 10.6. The van der Waals surface area contributed by atoms with Gasteiger partial charge in [0.1, 0.15) is 11.5 Å². The molecule has 0 atom stereocenters. The van der Waals surface area contributed by atoms with Gasteiger partial charge in [0, 0.05) is 30.0 Å². The van der Waals surface area contributed by atoms with E-state index in [0.29, 0.717) is 19.6 Å². The van der Waals surface area contributed by atoms with Crippen LogP contribution < -0.4 is 15.2 Å². The van der Waals surface area contributed by atoms with Crippen LogP contribution in [-0.4, -0.2) is 13.7 Å². The lowest BCUT2D eigenvalue weighted by molar-refractivity contribution is 0.234. The minimum Gasteiger partial charge on any atom is -0.497 e. The normalized spacial score (nSPS) is 15.8. The van der Waals surface area contributed by atoms with Crippen LogP contribution in [-0.2, 0) is 6.54 Å². The van der Waals surface area contributed by atoms with Crippen LogP contribution in [0.4, 0.5) is 0 Å². The Kier molecular flexibility index (Phi) is 3.73. The fourth-order valence-corrected chi connectivity index (χ4v) is 1.91. The molecule has 96 valence electrons. The Morgan fingerprint density at radius 1 is 1.44 bits per heavy atom. The van der Waals surface area contributed by atoms with Gasteiger partial charge in [0.05, 0.1) is 19.8 Å². The summed E-state index contributed by atoms with van der Waals surface area (Å²) in [7, 11) is 1.62. The van der Waals surface area contributed by atoms with Crippen molar-refractivity contribution < 1.29 is 9.47 Å². The fraction of sp³-hybridized carbons (Fsp3) is 0.500. The topological polar surface area (TPSA) is 68.3 Å². The van der Waals surface area contributed by atoms with Crippen molar-refractivity contribution in [1.29, 1.82) is 5.26 Å².